The molecular weight excluding hydrogens is 257 g/mol. The van der Waals surface area contributed by atoms with Gasteiger partial charge in [-0.3, -0.25) is 4.79 Å². The van der Waals surface area contributed by atoms with Crippen molar-refractivity contribution in [2.75, 3.05) is 5.88 Å². The van der Waals surface area contributed by atoms with Crippen molar-refractivity contribution in [2.24, 2.45) is 0 Å². The first-order chi connectivity index (χ1) is 8.11. The van der Waals surface area contributed by atoms with E-state index in [1.165, 1.54) is 0 Å². The maximum Gasteiger partial charge on any atom is 0.224 e. The van der Waals surface area contributed by atoms with E-state index in [-0.39, 0.29) is 11.9 Å². The fourth-order valence-electron chi connectivity index (χ4n) is 1.61. The molecule has 17 heavy (non-hydrogen) atoms. The van der Waals surface area contributed by atoms with Gasteiger partial charge in [-0.15, -0.1) is 11.6 Å². The molecule has 0 saturated heterocycles. The quantitative estimate of drug-likeness (QED) is 0.791. The minimum atomic E-state index is 0.0225. The Hall–Kier alpha value is -0.730. The first kappa shape index (κ1) is 14.3. The van der Waals surface area contributed by atoms with Gasteiger partial charge in [0.1, 0.15) is 0 Å². The van der Waals surface area contributed by atoms with Crippen LogP contribution >= 0.6 is 23.2 Å². The van der Waals surface area contributed by atoms with Crippen molar-refractivity contribution in [1.29, 1.82) is 0 Å². The van der Waals surface area contributed by atoms with Crippen LogP contribution in [-0.4, -0.2) is 17.8 Å². The fourth-order valence-corrected chi connectivity index (χ4v) is 1.98. The molecule has 0 bridgehead atoms. The molecule has 0 spiro atoms. The SMILES string of the molecule is CC(CCCCl)NC(=O)Cc1cccc(Cl)c1. The highest BCUT2D eigenvalue weighted by Crippen LogP contribution is 2.11. The highest BCUT2D eigenvalue weighted by atomic mass is 35.5. The molecule has 0 heterocycles. The zero-order valence-electron chi connectivity index (χ0n) is 9.88. The van der Waals surface area contributed by atoms with Crippen LogP contribution in [-0.2, 0) is 11.2 Å². The van der Waals surface area contributed by atoms with Gasteiger partial charge in [-0.1, -0.05) is 23.7 Å². The van der Waals surface area contributed by atoms with E-state index in [9.17, 15) is 4.79 Å². The number of carbonyl (C=O) groups is 1. The van der Waals surface area contributed by atoms with Gasteiger partial charge in [0.2, 0.25) is 5.91 Å². The zero-order valence-corrected chi connectivity index (χ0v) is 11.4. The molecule has 4 heteroatoms. The van der Waals surface area contributed by atoms with E-state index in [1.807, 2.05) is 25.1 Å². The Morgan fingerprint density at radius 1 is 1.47 bits per heavy atom. The summed E-state index contributed by atoms with van der Waals surface area (Å²) in [4.78, 5) is 11.7. The van der Waals surface area contributed by atoms with Gasteiger partial charge in [0.15, 0.2) is 0 Å². The average Bonchev–Trinajstić information content (AvgIpc) is 2.26. The van der Waals surface area contributed by atoms with Gasteiger partial charge >= 0.3 is 0 Å². The van der Waals surface area contributed by atoms with Crippen LogP contribution in [0, 0.1) is 0 Å². The van der Waals surface area contributed by atoms with Crippen LogP contribution in [0.5, 0.6) is 0 Å². The van der Waals surface area contributed by atoms with E-state index >= 15 is 0 Å². The lowest BCUT2D eigenvalue weighted by Crippen LogP contribution is -2.33. The number of carbonyl (C=O) groups excluding carboxylic acids is 1. The number of hydrogen-bond donors (Lipinski definition) is 1. The van der Waals surface area contributed by atoms with E-state index in [0.29, 0.717) is 17.3 Å². The molecule has 0 radical (unpaired) electrons. The number of rotatable bonds is 6. The number of nitrogens with one attached hydrogen (secondary N) is 1. The molecule has 1 N–H and O–H groups in total. The average molecular weight is 274 g/mol. The van der Waals surface area contributed by atoms with Crippen molar-refractivity contribution in [3.8, 4) is 0 Å². The van der Waals surface area contributed by atoms with Crippen LogP contribution in [0.2, 0.25) is 5.02 Å². The van der Waals surface area contributed by atoms with Gasteiger partial charge in [-0.25, -0.2) is 0 Å². The van der Waals surface area contributed by atoms with Crippen molar-refractivity contribution in [1.82, 2.24) is 5.32 Å². The Kier molecular flexibility index (Phi) is 6.38. The molecule has 94 valence electrons. The smallest absolute Gasteiger partial charge is 0.224 e. The lowest BCUT2D eigenvalue weighted by Gasteiger charge is -2.13. The fraction of sp³-hybridized carbons (Fsp3) is 0.462. The Morgan fingerprint density at radius 3 is 2.88 bits per heavy atom. The molecule has 1 rings (SSSR count). The second kappa shape index (κ2) is 7.57. The monoisotopic (exact) mass is 273 g/mol. The zero-order chi connectivity index (χ0) is 12.7. The highest BCUT2D eigenvalue weighted by Gasteiger charge is 2.07. The summed E-state index contributed by atoms with van der Waals surface area (Å²) in [5, 5.41) is 3.60. The van der Waals surface area contributed by atoms with Gasteiger partial charge in [0.25, 0.3) is 0 Å². The van der Waals surface area contributed by atoms with Crippen molar-refractivity contribution < 1.29 is 4.79 Å². The number of alkyl halides is 1. The summed E-state index contributed by atoms with van der Waals surface area (Å²) in [5.74, 6) is 0.656. The lowest BCUT2D eigenvalue weighted by molar-refractivity contribution is -0.121. The van der Waals surface area contributed by atoms with Crippen LogP contribution in [0.3, 0.4) is 0 Å². The summed E-state index contributed by atoms with van der Waals surface area (Å²) >= 11 is 11.5. The van der Waals surface area contributed by atoms with Crippen LogP contribution < -0.4 is 5.32 Å². The Bertz CT molecular complexity index is 368. The molecule has 0 aromatic heterocycles. The second-order valence-corrected chi connectivity index (χ2v) is 4.92. The Labute approximate surface area is 112 Å². The first-order valence-electron chi connectivity index (χ1n) is 5.71. The molecule has 0 fully saturated rings. The van der Waals surface area contributed by atoms with Crippen LogP contribution in [0.4, 0.5) is 0 Å². The topological polar surface area (TPSA) is 29.1 Å². The van der Waals surface area contributed by atoms with Gasteiger partial charge in [0, 0.05) is 16.9 Å². The van der Waals surface area contributed by atoms with E-state index in [0.717, 1.165) is 18.4 Å². The summed E-state index contributed by atoms with van der Waals surface area (Å²) in [7, 11) is 0. The summed E-state index contributed by atoms with van der Waals surface area (Å²) in [6, 6.07) is 7.52. The normalized spacial score (nSPS) is 12.2. The number of amides is 1. The number of benzene rings is 1. The second-order valence-electron chi connectivity index (χ2n) is 4.11. The van der Waals surface area contributed by atoms with Crippen molar-refractivity contribution in [2.45, 2.75) is 32.2 Å². The molecule has 1 aromatic rings. The Balaban J connectivity index is 2.39. The molecule has 2 nitrogen and oxygen atoms in total. The third-order valence-corrected chi connectivity index (χ3v) is 2.93. The molecule has 1 amide bonds. The van der Waals surface area contributed by atoms with Crippen molar-refractivity contribution in [3.05, 3.63) is 34.9 Å². The largest absolute Gasteiger partial charge is 0.353 e. The summed E-state index contributed by atoms with van der Waals surface area (Å²) in [6.45, 7) is 1.99. The minimum absolute atomic E-state index is 0.0225. The summed E-state index contributed by atoms with van der Waals surface area (Å²) in [6.07, 6.45) is 2.19. The van der Waals surface area contributed by atoms with Crippen LogP contribution in [0.1, 0.15) is 25.3 Å². The van der Waals surface area contributed by atoms with Gasteiger partial charge in [-0.05, 0) is 37.5 Å². The van der Waals surface area contributed by atoms with Gasteiger partial charge in [0.05, 0.1) is 6.42 Å². The van der Waals surface area contributed by atoms with Gasteiger partial charge in [-0.2, -0.15) is 0 Å². The maximum atomic E-state index is 11.7. The third-order valence-electron chi connectivity index (χ3n) is 2.43. The Morgan fingerprint density at radius 2 is 2.24 bits per heavy atom. The predicted molar refractivity (Wildman–Crippen MR) is 72.7 cm³/mol. The molecule has 0 aliphatic heterocycles. The van der Waals surface area contributed by atoms with Gasteiger partial charge < -0.3 is 5.32 Å². The molecule has 0 aliphatic rings. The van der Waals surface area contributed by atoms with E-state index in [1.54, 1.807) is 6.07 Å². The third kappa shape index (κ3) is 5.94. The van der Waals surface area contributed by atoms with Crippen molar-refractivity contribution in [3.63, 3.8) is 0 Å². The lowest BCUT2D eigenvalue weighted by atomic mass is 10.1. The summed E-state index contributed by atoms with van der Waals surface area (Å²) in [5.41, 5.74) is 0.930. The van der Waals surface area contributed by atoms with E-state index in [2.05, 4.69) is 5.32 Å². The summed E-state index contributed by atoms with van der Waals surface area (Å²) < 4.78 is 0. The van der Waals surface area contributed by atoms with Crippen LogP contribution in [0.15, 0.2) is 24.3 Å². The number of halogens is 2. The minimum Gasteiger partial charge on any atom is -0.353 e. The van der Waals surface area contributed by atoms with E-state index in [4.69, 9.17) is 23.2 Å². The number of hydrogen-bond acceptors (Lipinski definition) is 1. The van der Waals surface area contributed by atoms with Crippen molar-refractivity contribution >= 4 is 29.1 Å². The van der Waals surface area contributed by atoms with E-state index < -0.39 is 0 Å². The molecule has 0 saturated carbocycles. The predicted octanol–water partition coefficient (Wildman–Crippen LogP) is 3.41. The highest BCUT2D eigenvalue weighted by molar-refractivity contribution is 6.30. The molecular formula is C13H17Cl2NO. The maximum absolute atomic E-state index is 11.7. The molecule has 1 unspecified atom stereocenters. The molecule has 0 aliphatic carbocycles. The molecule has 1 aromatic carbocycles. The standard InChI is InChI=1S/C13H17Cl2NO/c1-10(4-3-7-14)16-13(17)9-11-5-2-6-12(15)8-11/h2,5-6,8,10H,3-4,7,9H2,1H3,(H,16,17). The first-order valence-corrected chi connectivity index (χ1v) is 6.63. The molecule has 1 atom stereocenters. The van der Waals surface area contributed by atoms with Crippen LogP contribution in [0.25, 0.3) is 0 Å².